The highest BCUT2D eigenvalue weighted by Gasteiger charge is 2.35. The molecule has 42 heavy (non-hydrogen) atoms. The topological polar surface area (TPSA) is 105 Å². The Morgan fingerprint density at radius 1 is 1.10 bits per heavy atom. The lowest BCUT2D eigenvalue weighted by molar-refractivity contribution is -0.146. The van der Waals surface area contributed by atoms with Gasteiger partial charge in [-0.25, -0.2) is 14.2 Å². The van der Waals surface area contributed by atoms with Gasteiger partial charge in [-0.1, -0.05) is 11.6 Å². The SMILES string of the molecule is Cc1ccc(OCC(=O)OCCN2CCOCC2)c(-c2nsc3ccc(-n4c(=O)cc(C(F)(F)F)n(C)c4=O)cc23)c1. The first-order valence-corrected chi connectivity index (χ1v) is 13.8. The number of hydrogen-bond donors (Lipinski definition) is 0. The average Bonchev–Trinajstić information content (AvgIpc) is 3.37. The van der Waals surface area contributed by atoms with Crippen molar-refractivity contribution >= 4 is 27.6 Å². The highest BCUT2D eigenvalue weighted by Crippen LogP contribution is 2.37. The lowest BCUT2D eigenvalue weighted by Gasteiger charge is -2.26. The van der Waals surface area contributed by atoms with Crippen LogP contribution in [0.3, 0.4) is 0 Å². The lowest BCUT2D eigenvalue weighted by Crippen LogP contribution is -2.40. The van der Waals surface area contributed by atoms with Gasteiger partial charge in [0.05, 0.1) is 29.3 Å². The number of ether oxygens (including phenoxy) is 3. The van der Waals surface area contributed by atoms with Crippen LogP contribution in [-0.4, -0.2) is 70.4 Å². The molecular weight excluding hydrogens is 577 g/mol. The Bertz CT molecular complexity index is 1740. The smallest absolute Gasteiger partial charge is 0.431 e. The van der Waals surface area contributed by atoms with E-state index in [9.17, 15) is 27.6 Å². The van der Waals surface area contributed by atoms with Crippen LogP contribution in [0.1, 0.15) is 11.3 Å². The summed E-state index contributed by atoms with van der Waals surface area (Å²) >= 11 is 1.16. The molecule has 10 nitrogen and oxygen atoms in total. The van der Waals surface area contributed by atoms with Gasteiger partial charge in [0.15, 0.2) is 6.61 Å². The van der Waals surface area contributed by atoms with E-state index in [-0.39, 0.29) is 18.9 Å². The molecule has 1 aliphatic rings. The quantitative estimate of drug-likeness (QED) is 0.282. The Balaban J connectivity index is 1.41. The Hall–Kier alpha value is -4.01. The minimum absolute atomic E-state index is 0.0854. The summed E-state index contributed by atoms with van der Waals surface area (Å²) in [7, 11) is 0.960. The second-order valence-corrected chi connectivity index (χ2v) is 10.5. The van der Waals surface area contributed by atoms with Crippen molar-refractivity contribution < 1.29 is 32.2 Å². The normalized spacial score (nSPS) is 14.3. The Morgan fingerprint density at radius 2 is 1.86 bits per heavy atom. The van der Waals surface area contributed by atoms with Crippen molar-refractivity contribution in [3.63, 3.8) is 0 Å². The predicted molar refractivity (Wildman–Crippen MR) is 149 cm³/mol. The Morgan fingerprint density at radius 3 is 2.60 bits per heavy atom. The molecule has 5 rings (SSSR count). The fourth-order valence-electron chi connectivity index (χ4n) is 4.64. The second kappa shape index (κ2) is 12.1. The van der Waals surface area contributed by atoms with E-state index in [1.807, 2.05) is 19.1 Å². The van der Waals surface area contributed by atoms with Gasteiger partial charge in [0.2, 0.25) is 0 Å². The summed E-state index contributed by atoms with van der Waals surface area (Å²) in [6, 6.07) is 10.4. The highest BCUT2D eigenvalue weighted by molar-refractivity contribution is 7.13. The number of carbonyl (C=O) groups excluding carboxylic acids is 1. The maximum atomic E-state index is 13.3. The maximum absolute atomic E-state index is 13.3. The maximum Gasteiger partial charge on any atom is 0.431 e. The van der Waals surface area contributed by atoms with Gasteiger partial charge >= 0.3 is 17.8 Å². The number of morpholine rings is 1. The number of alkyl halides is 3. The van der Waals surface area contributed by atoms with Crippen molar-refractivity contribution in [3.05, 3.63) is 74.6 Å². The zero-order valence-corrected chi connectivity index (χ0v) is 23.6. The molecule has 2 aromatic heterocycles. The number of fused-ring (bicyclic) bond motifs is 1. The number of nitrogens with zero attached hydrogens (tertiary/aromatic N) is 4. The van der Waals surface area contributed by atoms with Crippen LogP contribution in [0.4, 0.5) is 13.2 Å². The largest absolute Gasteiger partial charge is 0.481 e. The molecule has 3 heterocycles. The van der Waals surface area contributed by atoms with Crippen molar-refractivity contribution in [1.82, 2.24) is 18.4 Å². The molecule has 0 aliphatic carbocycles. The van der Waals surface area contributed by atoms with E-state index in [1.165, 1.54) is 12.1 Å². The van der Waals surface area contributed by atoms with Crippen LogP contribution in [0.15, 0.2) is 52.1 Å². The summed E-state index contributed by atoms with van der Waals surface area (Å²) in [5.74, 6) is -0.163. The molecule has 0 atom stereocenters. The first-order valence-electron chi connectivity index (χ1n) is 13.0. The summed E-state index contributed by atoms with van der Waals surface area (Å²) in [5.41, 5.74) is -1.58. The van der Waals surface area contributed by atoms with E-state index < -0.39 is 29.1 Å². The fraction of sp³-hybridized carbons (Fsp3) is 0.357. The summed E-state index contributed by atoms with van der Waals surface area (Å²) in [5, 5.41) is 0.551. The molecule has 222 valence electrons. The first-order chi connectivity index (χ1) is 20.0. The number of rotatable bonds is 8. The van der Waals surface area contributed by atoms with E-state index >= 15 is 0 Å². The number of aryl methyl sites for hydroxylation is 1. The molecule has 0 radical (unpaired) electrons. The molecule has 0 spiro atoms. The Kier molecular flexibility index (Phi) is 8.48. The number of hydrogen-bond acceptors (Lipinski definition) is 9. The molecule has 2 aromatic carbocycles. The molecular formula is C28H27F3N4O6S. The van der Waals surface area contributed by atoms with Gasteiger partial charge < -0.3 is 14.2 Å². The van der Waals surface area contributed by atoms with E-state index in [0.29, 0.717) is 62.1 Å². The monoisotopic (exact) mass is 604 g/mol. The average molecular weight is 605 g/mol. The third kappa shape index (κ3) is 6.25. The van der Waals surface area contributed by atoms with Crippen molar-refractivity contribution in [3.8, 4) is 22.7 Å². The molecule has 14 heteroatoms. The Labute approximate surface area is 241 Å². The van der Waals surface area contributed by atoms with Crippen LogP contribution in [0, 0.1) is 6.92 Å². The lowest BCUT2D eigenvalue weighted by atomic mass is 10.0. The van der Waals surface area contributed by atoms with Gasteiger partial charge in [-0.05, 0) is 48.8 Å². The van der Waals surface area contributed by atoms with Gasteiger partial charge in [0, 0.05) is 43.7 Å². The van der Waals surface area contributed by atoms with Crippen molar-refractivity contribution in [2.45, 2.75) is 13.1 Å². The predicted octanol–water partition coefficient (Wildman–Crippen LogP) is 3.39. The fourth-order valence-corrected chi connectivity index (χ4v) is 5.41. The van der Waals surface area contributed by atoms with Crippen LogP contribution in [0.2, 0.25) is 0 Å². The number of esters is 1. The van der Waals surface area contributed by atoms with Gasteiger partial charge in [0.1, 0.15) is 18.1 Å². The molecule has 4 aromatic rings. The van der Waals surface area contributed by atoms with Gasteiger partial charge in [-0.15, -0.1) is 0 Å². The van der Waals surface area contributed by atoms with Crippen molar-refractivity contribution in [1.29, 1.82) is 0 Å². The van der Waals surface area contributed by atoms with Crippen molar-refractivity contribution in [2.75, 3.05) is 46.1 Å². The van der Waals surface area contributed by atoms with E-state index in [1.54, 1.807) is 12.1 Å². The third-order valence-corrected chi connectivity index (χ3v) is 7.66. The minimum atomic E-state index is -4.86. The summed E-state index contributed by atoms with van der Waals surface area (Å²) in [6.45, 7) is 5.24. The van der Waals surface area contributed by atoms with Crippen LogP contribution >= 0.6 is 11.5 Å². The summed E-state index contributed by atoms with van der Waals surface area (Å²) in [4.78, 5) is 40.0. The van der Waals surface area contributed by atoms with E-state index in [2.05, 4.69) is 9.27 Å². The molecule has 0 saturated carbocycles. The van der Waals surface area contributed by atoms with Crippen LogP contribution < -0.4 is 16.0 Å². The third-order valence-electron chi connectivity index (χ3n) is 6.83. The number of benzene rings is 2. The number of carbonyl (C=O) groups is 1. The zero-order valence-electron chi connectivity index (χ0n) is 22.8. The summed E-state index contributed by atoms with van der Waals surface area (Å²) < 4.78 is 62.7. The highest BCUT2D eigenvalue weighted by atomic mass is 32.1. The second-order valence-electron chi connectivity index (χ2n) is 9.72. The van der Waals surface area contributed by atoms with Crippen LogP contribution in [0.25, 0.3) is 27.0 Å². The van der Waals surface area contributed by atoms with Gasteiger partial charge in [0.25, 0.3) is 5.56 Å². The van der Waals surface area contributed by atoms with E-state index in [0.717, 1.165) is 37.2 Å². The van der Waals surface area contributed by atoms with Gasteiger partial charge in [-0.2, -0.15) is 17.5 Å². The number of aromatic nitrogens is 3. The van der Waals surface area contributed by atoms with E-state index in [4.69, 9.17) is 14.2 Å². The molecule has 1 fully saturated rings. The first kappa shape index (κ1) is 29.5. The summed E-state index contributed by atoms with van der Waals surface area (Å²) in [6.07, 6.45) is -4.86. The zero-order chi connectivity index (χ0) is 30.0. The minimum Gasteiger partial charge on any atom is -0.481 e. The van der Waals surface area contributed by atoms with Crippen LogP contribution in [0.5, 0.6) is 5.75 Å². The van der Waals surface area contributed by atoms with Crippen LogP contribution in [-0.2, 0) is 27.5 Å². The van der Waals surface area contributed by atoms with Crippen molar-refractivity contribution in [2.24, 2.45) is 7.05 Å². The molecule has 0 amide bonds. The standard InChI is InChI=1S/C28H27F3N4O6S/c1-17-3-5-21(41-16-25(37)40-12-9-34-7-10-39-11-8-34)19(13-17)26-20-14-18(4-6-22(20)42-32-26)35-24(36)15-23(28(29,30)31)33(2)27(35)38/h3-6,13-15H,7-12,16H2,1-2H3. The molecule has 1 saturated heterocycles. The molecule has 0 N–H and O–H groups in total. The molecule has 1 aliphatic heterocycles. The molecule has 0 unspecified atom stereocenters. The van der Waals surface area contributed by atoms with Gasteiger partial charge in [-0.3, -0.25) is 14.3 Å². The molecule has 0 bridgehead atoms. The number of halogens is 3.